The Hall–Kier alpha value is -2.22. The second-order valence-corrected chi connectivity index (χ2v) is 6.65. The lowest BCUT2D eigenvalue weighted by molar-refractivity contribution is -0.384. The van der Waals surface area contributed by atoms with Crippen LogP contribution in [0.2, 0.25) is 0 Å². The van der Waals surface area contributed by atoms with Crippen molar-refractivity contribution in [2.45, 2.75) is 0 Å². The highest BCUT2D eigenvalue weighted by Gasteiger charge is 2.07. The van der Waals surface area contributed by atoms with Crippen LogP contribution in [-0.4, -0.2) is 36.9 Å². The predicted octanol–water partition coefficient (Wildman–Crippen LogP) is 1.60. The Morgan fingerprint density at radius 2 is 2.05 bits per heavy atom. The monoisotopic (exact) mass is 295 g/mol. The van der Waals surface area contributed by atoms with Gasteiger partial charge in [-0.15, -0.1) is 0 Å². The second kappa shape index (κ2) is 5.41. The molecule has 2 rings (SSSR count). The number of hydrogen-bond donors (Lipinski definition) is 1. The van der Waals surface area contributed by atoms with Crippen molar-refractivity contribution < 1.29 is 13.3 Å². The van der Waals surface area contributed by atoms with Gasteiger partial charge in [-0.05, 0) is 18.2 Å². The first kappa shape index (κ1) is 14.2. The Morgan fingerprint density at radius 1 is 1.30 bits per heavy atom. The highest BCUT2D eigenvalue weighted by molar-refractivity contribution is 7.90. The molecular weight excluding hydrogens is 282 g/mol. The van der Waals surface area contributed by atoms with E-state index in [2.05, 4.69) is 10.3 Å². The molecule has 106 valence electrons. The molecule has 1 aromatic heterocycles. The number of benzene rings is 1. The van der Waals surface area contributed by atoms with Crippen molar-refractivity contribution in [1.82, 2.24) is 4.98 Å². The molecule has 0 radical (unpaired) electrons. The quantitative estimate of drug-likeness (QED) is 0.664. The molecule has 0 spiro atoms. The average Bonchev–Trinajstić information content (AvgIpc) is 2.36. The minimum Gasteiger partial charge on any atom is -0.369 e. The zero-order valence-corrected chi connectivity index (χ0v) is 11.6. The summed E-state index contributed by atoms with van der Waals surface area (Å²) in [6, 6.07) is 7.76. The van der Waals surface area contributed by atoms with Gasteiger partial charge in [0.05, 0.1) is 16.2 Å². The highest BCUT2D eigenvalue weighted by Crippen LogP contribution is 2.20. The van der Waals surface area contributed by atoms with Crippen LogP contribution in [0.1, 0.15) is 0 Å². The number of anilines is 1. The molecule has 0 aliphatic carbocycles. The molecule has 0 aliphatic rings. The Kier molecular flexibility index (Phi) is 3.84. The fraction of sp³-hybridized carbons (Fsp3) is 0.250. The second-order valence-electron chi connectivity index (χ2n) is 4.39. The Morgan fingerprint density at radius 3 is 2.70 bits per heavy atom. The average molecular weight is 295 g/mol. The van der Waals surface area contributed by atoms with Gasteiger partial charge in [0.2, 0.25) is 0 Å². The van der Waals surface area contributed by atoms with Crippen LogP contribution in [0, 0.1) is 10.1 Å². The maximum absolute atomic E-state index is 11.0. The van der Waals surface area contributed by atoms with E-state index in [0.29, 0.717) is 16.7 Å². The molecule has 8 heteroatoms. The van der Waals surface area contributed by atoms with Gasteiger partial charge in [0, 0.05) is 30.3 Å². The zero-order chi connectivity index (χ0) is 14.8. The molecule has 7 nitrogen and oxygen atoms in total. The zero-order valence-electron chi connectivity index (χ0n) is 10.7. The number of nitrogens with zero attached hydrogens (tertiary/aromatic N) is 2. The summed E-state index contributed by atoms with van der Waals surface area (Å²) < 4.78 is 22.0. The van der Waals surface area contributed by atoms with Crippen molar-refractivity contribution >= 4 is 32.2 Å². The fourth-order valence-electron chi connectivity index (χ4n) is 1.69. The Balaban J connectivity index is 2.17. The number of nitro benzene ring substituents is 1. The number of nitrogens with one attached hydrogen (secondary N) is 1. The van der Waals surface area contributed by atoms with Gasteiger partial charge in [-0.1, -0.05) is 0 Å². The lowest BCUT2D eigenvalue weighted by Gasteiger charge is -2.05. The van der Waals surface area contributed by atoms with E-state index in [-0.39, 0.29) is 18.0 Å². The van der Waals surface area contributed by atoms with Crippen LogP contribution in [0.5, 0.6) is 0 Å². The summed E-state index contributed by atoms with van der Waals surface area (Å²) in [6.07, 6.45) is 1.17. The van der Waals surface area contributed by atoms with E-state index in [1.165, 1.54) is 18.4 Å². The van der Waals surface area contributed by atoms with Crippen molar-refractivity contribution in [2.24, 2.45) is 0 Å². The summed E-state index contributed by atoms with van der Waals surface area (Å²) >= 11 is 0. The van der Waals surface area contributed by atoms with E-state index in [1.807, 2.05) is 0 Å². The van der Waals surface area contributed by atoms with E-state index < -0.39 is 14.8 Å². The molecule has 0 bridgehead atoms. The molecule has 1 heterocycles. The fourth-order valence-corrected chi connectivity index (χ4v) is 2.16. The Bertz CT molecular complexity index is 758. The van der Waals surface area contributed by atoms with Crippen LogP contribution in [0.15, 0.2) is 30.3 Å². The first-order valence-corrected chi connectivity index (χ1v) is 7.88. The molecule has 0 amide bonds. The van der Waals surface area contributed by atoms with Gasteiger partial charge in [-0.3, -0.25) is 10.1 Å². The highest BCUT2D eigenvalue weighted by atomic mass is 32.2. The standard InChI is InChI=1S/C12H13N3O4S/c1-20(18,19)7-6-13-12-5-2-9-8-10(15(16)17)3-4-11(9)14-12/h2-5,8H,6-7H2,1H3,(H,13,14). The van der Waals surface area contributed by atoms with Crippen LogP contribution in [-0.2, 0) is 9.84 Å². The van der Waals surface area contributed by atoms with Gasteiger partial charge in [0.25, 0.3) is 5.69 Å². The third-order valence-corrected chi connectivity index (χ3v) is 3.61. The van der Waals surface area contributed by atoms with Gasteiger partial charge >= 0.3 is 0 Å². The van der Waals surface area contributed by atoms with Crippen LogP contribution in [0.3, 0.4) is 0 Å². The molecule has 1 aromatic carbocycles. The number of sulfone groups is 1. The van der Waals surface area contributed by atoms with Gasteiger partial charge in [0.1, 0.15) is 15.7 Å². The number of nitro groups is 1. The molecule has 20 heavy (non-hydrogen) atoms. The maximum Gasteiger partial charge on any atom is 0.270 e. The minimum absolute atomic E-state index is 0.0112. The molecule has 2 aromatic rings. The molecular formula is C12H13N3O4S. The van der Waals surface area contributed by atoms with Crippen molar-refractivity contribution in [3.63, 3.8) is 0 Å². The number of aromatic nitrogens is 1. The summed E-state index contributed by atoms with van der Waals surface area (Å²) in [5.74, 6) is 0.558. The number of hydrogen-bond acceptors (Lipinski definition) is 6. The van der Waals surface area contributed by atoms with Crippen molar-refractivity contribution in [3.8, 4) is 0 Å². The largest absolute Gasteiger partial charge is 0.369 e. The summed E-state index contributed by atoms with van der Waals surface area (Å²) in [7, 11) is -3.02. The van der Waals surface area contributed by atoms with E-state index in [4.69, 9.17) is 0 Å². The third kappa shape index (κ3) is 3.64. The normalized spacial score (nSPS) is 11.4. The summed E-state index contributed by atoms with van der Waals surface area (Å²) in [4.78, 5) is 14.5. The number of rotatable bonds is 5. The molecule has 0 fully saturated rings. The maximum atomic E-state index is 11.0. The number of pyridine rings is 1. The Labute approximate surface area is 115 Å². The van der Waals surface area contributed by atoms with Crippen LogP contribution in [0.25, 0.3) is 10.9 Å². The number of fused-ring (bicyclic) bond motifs is 1. The van der Waals surface area contributed by atoms with Gasteiger partial charge in [-0.25, -0.2) is 13.4 Å². The first-order chi connectivity index (χ1) is 9.35. The topological polar surface area (TPSA) is 102 Å². The molecule has 0 unspecified atom stereocenters. The lowest BCUT2D eigenvalue weighted by Crippen LogP contribution is -2.14. The third-order valence-electron chi connectivity index (χ3n) is 2.66. The smallest absolute Gasteiger partial charge is 0.270 e. The summed E-state index contributed by atoms with van der Waals surface area (Å²) in [5.41, 5.74) is 0.622. The minimum atomic E-state index is -3.02. The summed E-state index contributed by atoms with van der Waals surface area (Å²) in [6.45, 7) is 0.268. The number of non-ortho nitro benzene ring substituents is 1. The van der Waals surface area contributed by atoms with E-state index in [0.717, 1.165) is 0 Å². The van der Waals surface area contributed by atoms with E-state index >= 15 is 0 Å². The molecule has 0 saturated heterocycles. The van der Waals surface area contributed by atoms with Crippen molar-refractivity contribution in [3.05, 3.63) is 40.4 Å². The van der Waals surface area contributed by atoms with Crippen LogP contribution >= 0.6 is 0 Å². The molecule has 0 aliphatic heterocycles. The molecule has 0 saturated carbocycles. The molecule has 1 N–H and O–H groups in total. The first-order valence-electron chi connectivity index (χ1n) is 5.82. The van der Waals surface area contributed by atoms with Crippen LogP contribution < -0.4 is 5.32 Å². The van der Waals surface area contributed by atoms with Crippen molar-refractivity contribution in [2.75, 3.05) is 23.9 Å². The SMILES string of the molecule is CS(=O)(=O)CCNc1ccc2cc([N+](=O)[O-])ccc2n1. The molecule has 0 atom stereocenters. The predicted molar refractivity (Wildman–Crippen MR) is 76.6 cm³/mol. The van der Waals surface area contributed by atoms with Crippen LogP contribution in [0.4, 0.5) is 11.5 Å². The lowest BCUT2D eigenvalue weighted by atomic mass is 10.2. The van der Waals surface area contributed by atoms with E-state index in [1.54, 1.807) is 18.2 Å². The van der Waals surface area contributed by atoms with Gasteiger partial charge in [-0.2, -0.15) is 0 Å². The van der Waals surface area contributed by atoms with Crippen molar-refractivity contribution in [1.29, 1.82) is 0 Å². The van der Waals surface area contributed by atoms with Gasteiger partial charge in [0.15, 0.2) is 0 Å². The van der Waals surface area contributed by atoms with E-state index in [9.17, 15) is 18.5 Å². The van der Waals surface area contributed by atoms with Gasteiger partial charge < -0.3 is 5.32 Å². The summed E-state index contributed by atoms with van der Waals surface area (Å²) in [5, 5.41) is 14.2.